The average Bonchev–Trinajstić information content (AvgIpc) is 3.04. The molecule has 0 saturated carbocycles. The predicted molar refractivity (Wildman–Crippen MR) is 106 cm³/mol. The Balaban J connectivity index is 1.93. The Morgan fingerprint density at radius 1 is 1.15 bits per heavy atom. The normalized spacial score (nSPS) is 11.0. The third kappa shape index (κ3) is 4.05. The van der Waals surface area contributed by atoms with Gasteiger partial charge in [0.2, 0.25) is 0 Å². The van der Waals surface area contributed by atoms with Crippen molar-refractivity contribution in [3.05, 3.63) is 71.4 Å². The van der Waals surface area contributed by atoms with Gasteiger partial charge < -0.3 is 9.88 Å². The number of fused-ring (bicyclic) bond motifs is 1. The molecule has 3 rings (SSSR count). The minimum absolute atomic E-state index is 0.0266. The van der Waals surface area contributed by atoms with Crippen LogP contribution in [-0.2, 0) is 11.3 Å². The van der Waals surface area contributed by atoms with Crippen LogP contribution in [0.1, 0.15) is 17.5 Å². The summed E-state index contributed by atoms with van der Waals surface area (Å²) >= 11 is 0. The van der Waals surface area contributed by atoms with Gasteiger partial charge in [0.15, 0.2) is 0 Å². The van der Waals surface area contributed by atoms with Gasteiger partial charge in [0.25, 0.3) is 5.91 Å². The van der Waals surface area contributed by atoms with Gasteiger partial charge in [-0.05, 0) is 31.2 Å². The molecule has 0 fully saturated rings. The fraction of sp³-hybridized carbons (Fsp3) is 0.136. The van der Waals surface area contributed by atoms with Crippen LogP contribution in [0.15, 0.2) is 60.3 Å². The monoisotopic (exact) mass is 354 g/mol. The van der Waals surface area contributed by atoms with Gasteiger partial charge in [0, 0.05) is 34.9 Å². The molecule has 132 valence electrons. The van der Waals surface area contributed by atoms with Crippen LogP contribution in [0.4, 0.5) is 5.69 Å². The second-order valence-electron chi connectivity index (χ2n) is 6.19. The van der Waals surface area contributed by atoms with E-state index >= 15 is 0 Å². The van der Waals surface area contributed by atoms with Crippen LogP contribution in [0.5, 0.6) is 0 Å². The molecule has 0 aliphatic rings. The maximum Gasteiger partial charge on any atom is 0.266 e. The van der Waals surface area contributed by atoms with Crippen LogP contribution in [0, 0.1) is 29.6 Å². The van der Waals surface area contributed by atoms with Crippen molar-refractivity contribution >= 4 is 28.6 Å². The standard InChI is InChI=1S/C22H18N4O/c1-16-7-9-19(10-8-16)25-22(27)17(14-24)13-18-15-26(12-4-11-23)21-6-3-2-5-20(18)21/h2-3,5-10,13,15H,4,12H2,1H3,(H,25,27)/b17-13+. The highest BCUT2D eigenvalue weighted by Gasteiger charge is 2.12. The van der Waals surface area contributed by atoms with E-state index in [0.29, 0.717) is 18.7 Å². The molecule has 3 aromatic rings. The van der Waals surface area contributed by atoms with Crippen molar-refractivity contribution in [2.75, 3.05) is 5.32 Å². The van der Waals surface area contributed by atoms with Crippen molar-refractivity contribution in [3.63, 3.8) is 0 Å². The number of hydrogen-bond acceptors (Lipinski definition) is 3. The third-order valence-electron chi connectivity index (χ3n) is 4.26. The first-order valence-electron chi connectivity index (χ1n) is 8.57. The zero-order valence-corrected chi connectivity index (χ0v) is 14.9. The van der Waals surface area contributed by atoms with E-state index in [1.165, 1.54) is 0 Å². The highest BCUT2D eigenvalue weighted by atomic mass is 16.1. The minimum atomic E-state index is -0.449. The minimum Gasteiger partial charge on any atom is -0.346 e. The molecule has 0 aliphatic carbocycles. The van der Waals surface area contributed by atoms with Gasteiger partial charge in [-0.15, -0.1) is 0 Å². The number of benzene rings is 2. The molecule has 0 radical (unpaired) electrons. The molecular weight excluding hydrogens is 336 g/mol. The zero-order chi connectivity index (χ0) is 19.2. The summed E-state index contributed by atoms with van der Waals surface area (Å²) in [6.07, 6.45) is 3.86. The molecule has 2 aromatic carbocycles. The number of para-hydroxylation sites is 1. The number of aromatic nitrogens is 1. The fourth-order valence-electron chi connectivity index (χ4n) is 2.89. The van der Waals surface area contributed by atoms with Crippen LogP contribution < -0.4 is 5.32 Å². The van der Waals surface area contributed by atoms with Gasteiger partial charge in [-0.2, -0.15) is 10.5 Å². The van der Waals surface area contributed by atoms with Gasteiger partial charge in [0.05, 0.1) is 12.5 Å². The Hall–Kier alpha value is -3.83. The molecule has 0 unspecified atom stereocenters. The number of nitriles is 2. The van der Waals surface area contributed by atoms with Gasteiger partial charge in [0.1, 0.15) is 11.6 Å². The van der Waals surface area contributed by atoms with E-state index in [4.69, 9.17) is 5.26 Å². The number of carbonyl (C=O) groups excluding carboxylic acids is 1. The van der Waals surface area contributed by atoms with Crippen molar-refractivity contribution in [1.29, 1.82) is 10.5 Å². The number of nitrogens with zero attached hydrogens (tertiary/aromatic N) is 3. The van der Waals surface area contributed by atoms with E-state index < -0.39 is 5.91 Å². The van der Waals surface area contributed by atoms with Crippen molar-refractivity contribution in [3.8, 4) is 12.1 Å². The van der Waals surface area contributed by atoms with Crippen molar-refractivity contribution in [2.45, 2.75) is 19.9 Å². The van der Waals surface area contributed by atoms with E-state index in [9.17, 15) is 10.1 Å². The first-order chi connectivity index (χ1) is 13.1. The molecule has 0 aliphatic heterocycles. The lowest BCUT2D eigenvalue weighted by Crippen LogP contribution is -2.13. The summed E-state index contributed by atoms with van der Waals surface area (Å²) in [4.78, 5) is 12.5. The highest BCUT2D eigenvalue weighted by molar-refractivity contribution is 6.10. The summed E-state index contributed by atoms with van der Waals surface area (Å²) in [6.45, 7) is 2.52. The van der Waals surface area contributed by atoms with E-state index in [-0.39, 0.29) is 5.57 Å². The summed E-state index contributed by atoms with van der Waals surface area (Å²) in [5, 5.41) is 22.0. The molecule has 5 nitrogen and oxygen atoms in total. The van der Waals surface area contributed by atoms with Gasteiger partial charge >= 0.3 is 0 Å². The van der Waals surface area contributed by atoms with Crippen LogP contribution >= 0.6 is 0 Å². The molecule has 0 bridgehead atoms. The van der Waals surface area contributed by atoms with Crippen LogP contribution in [-0.4, -0.2) is 10.5 Å². The fourth-order valence-corrected chi connectivity index (χ4v) is 2.89. The molecule has 1 heterocycles. The Bertz CT molecular complexity index is 1090. The Kier molecular flexibility index (Phi) is 5.35. The number of rotatable bonds is 5. The van der Waals surface area contributed by atoms with Crippen LogP contribution in [0.3, 0.4) is 0 Å². The van der Waals surface area contributed by atoms with Crippen LogP contribution in [0.2, 0.25) is 0 Å². The number of hydrogen-bond donors (Lipinski definition) is 1. The maximum atomic E-state index is 12.5. The van der Waals surface area contributed by atoms with Gasteiger partial charge in [-0.1, -0.05) is 35.9 Å². The molecule has 0 saturated heterocycles. The molecule has 5 heteroatoms. The number of carbonyl (C=O) groups is 1. The molecule has 0 atom stereocenters. The van der Waals surface area contributed by atoms with E-state index in [2.05, 4.69) is 11.4 Å². The summed E-state index contributed by atoms with van der Waals surface area (Å²) < 4.78 is 1.97. The highest BCUT2D eigenvalue weighted by Crippen LogP contribution is 2.24. The predicted octanol–water partition coefficient (Wildman–Crippen LogP) is 4.41. The van der Waals surface area contributed by atoms with Crippen molar-refractivity contribution in [2.24, 2.45) is 0 Å². The lowest BCUT2D eigenvalue weighted by Gasteiger charge is -2.04. The number of amides is 1. The molecule has 27 heavy (non-hydrogen) atoms. The van der Waals surface area contributed by atoms with E-state index in [0.717, 1.165) is 22.0 Å². The second-order valence-corrected chi connectivity index (χ2v) is 6.19. The molecule has 1 amide bonds. The van der Waals surface area contributed by atoms with Crippen LogP contribution in [0.25, 0.3) is 17.0 Å². The lowest BCUT2D eigenvalue weighted by atomic mass is 10.1. The van der Waals surface area contributed by atoms with E-state index in [1.807, 2.05) is 60.2 Å². The lowest BCUT2D eigenvalue weighted by molar-refractivity contribution is -0.112. The summed E-state index contributed by atoms with van der Waals surface area (Å²) in [6, 6.07) is 19.3. The quantitative estimate of drug-likeness (QED) is 0.544. The number of aryl methyl sites for hydroxylation is 2. The second kappa shape index (κ2) is 8.03. The molecule has 1 aromatic heterocycles. The Labute approximate surface area is 157 Å². The summed E-state index contributed by atoms with van der Waals surface area (Å²) in [7, 11) is 0. The number of nitrogens with one attached hydrogen (secondary N) is 1. The maximum absolute atomic E-state index is 12.5. The van der Waals surface area contributed by atoms with Gasteiger partial charge in [-0.25, -0.2) is 0 Å². The Morgan fingerprint density at radius 3 is 2.59 bits per heavy atom. The zero-order valence-electron chi connectivity index (χ0n) is 14.9. The third-order valence-corrected chi connectivity index (χ3v) is 4.26. The molecular formula is C22H18N4O. The number of anilines is 1. The largest absolute Gasteiger partial charge is 0.346 e. The first kappa shape index (κ1) is 18.0. The Morgan fingerprint density at radius 2 is 1.89 bits per heavy atom. The molecule has 0 spiro atoms. The average molecular weight is 354 g/mol. The smallest absolute Gasteiger partial charge is 0.266 e. The van der Waals surface area contributed by atoms with E-state index in [1.54, 1.807) is 18.2 Å². The van der Waals surface area contributed by atoms with Gasteiger partial charge in [-0.3, -0.25) is 4.79 Å². The SMILES string of the molecule is Cc1ccc(NC(=O)/C(C#N)=C/c2cn(CCC#N)c3ccccc23)cc1. The molecule has 1 N–H and O–H groups in total. The topological polar surface area (TPSA) is 81.6 Å². The first-order valence-corrected chi connectivity index (χ1v) is 8.57. The van der Waals surface area contributed by atoms with Crippen molar-refractivity contribution in [1.82, 2.24) is 4.57 Å². The summed E-state index contributed by atoms with van der Waals surface area (Å²) in [5.74, 6) is -0.449. The van der Waals surface area contributed by atoms with Crippen molar-refractivity contribution < 1.29 is 4.79 Å². The summed E-state index contributed by atoms with van der Waals surface area (Å²) in [5.41, 5.74) is 3.51.